The van der Waals surface area contributed by atoms with Crippen LogP contribution in [-0.4, -0.2) is 37.2 Å². The lowest BCUT2D eigenvalue weighted by molar-refractivity contribution is -0.119. The number of methoxy groups -OCH3 is 2. The summed E-state index contributed by atoms with van der Waals surface area (Å²) in [6, 6.07) is 10.7. The molecule has 142 valence electrons. The summed E-state index contributed by atoms with van der Waals surface area (Å²) in [5.74, 6) is -0.198. The molecule has 0 aromatic heterocycles. The summed E-state index contributed by atoms with van der Waals surface area (Å²) >= 11 is 0.893. The molecular formula is C19H20N2O5S. The molecule has 27 heavy (non-hydrogen) atoms. The molecule has 2 aromatic rings. The van der Waals surface area contributed by atoms with Gasteiger partial charge in [-0.3, -0.25) is 14.4 Å². The lowest BCUT2D eigenvalue weighted by atomic mass is 10.2. The number of benzene rings is 2. The van der Waals surface area contributed by atoms with Crippen LogP contribution in [0.2, 0.25) is 0 Å². The number of amides is 2. The van der Waals surface area contributed by atoms with Gasteiger partial charge in [0.15, 0.2) is 0 Å². The Labute approximate surface area is 161 Å². The highest BCUT2D eigenvalue weighted by atomic mass is 32.2. The molecule has 0 heterocycles. The van der Waals surface area contributed by atoms with Crippen molar-refractivity contribution in [1.29, 1.82) is 0 Å². The van der Waals surface area contributed by atoms with Gasteiger partial charge in [0.25, 0.3) is 5.91 Å². The first-order chi connectivity index (χ1) is 12.9. The number of carbonyl (C=O) groups excluding carboxylic acids is 3. The minimum Gasteiger partial charge on any atom is -0.497 e. The number of rotatable bonds is 7. The number of ether oxygens (including phenoxy) is 2. The van der Waals surface area contributed by atoms with Crippen LogP contribution in [0, 0.1) is 0 Å². The summed E-state index contributed by atoms with van der Waals surface area (Å²) < 4.78 is 10.4. The van der Waals surface area contributed by atoms with Crippen LogP contribution in [0.4, 0.5) is 0 Å². The summed E-state index contributed by atoms with van der Waals surface area (Å²) in [6.07, 6.45) is 0. The van der Waals surface area contributed by atoms with E-state index >= 15 is 0 Å². The Hall–Kier alpha value is -3.00. The third kappa shape index (κ3) is 5.01. The van der Waals surface area contributed by atoms with Crippen molar-refractivity contribution in [2.24, 2.45) is 5.73 Å². The molecule has 0 saturated heterocycles. The van der Waals surface area contributed by atoms with Gasteiger partial charge in [-0.2, -0.15) is 0 Å². The average Bonchev–Trinajstić information content (AvgIpc) is 2.67. The maximum atomic E-state index is 12.7. The Morgan fingerprint density at radius 2 is 1.74 bits per heavy atom. The topological polar surface area (TPSA) is 108 Å². The number of carbonyl (C=O) groups is 3. The number of nitrogens with one attached hydrogen (secondary N) is 1. The van der Waals surface area contributed by atoms with Gasteiger partial charge in [-0.25, -0.2) is 0 Å². The van der Waals surface area contributed by atoms with E-state index < -0.39 is 17.9 Å². The van der Waals surface area contributed by atoms with Crippen LogP contribution >= 0.6 is 11.8 Å². The Morgan fingerprint density at radius 1 is 1.04 bits per heavy atom. The van der Waals surface area contributed by atoms with Crippen molar-refractivity contribution in [3.8, 4) is 11.5 Å². The molecule has 0 bridgehead atoms. The maximum Gasteiger partial charge on any atom is 0.253 e. The van der Waals surface area contributed by atoms with E-state index in [4.69, 9.17) is 15.2 Å². The Kier molecular flexibility index (Phi) is 6.84. The summed E-state index contributed by atoms with van der Waals surface area (Å²) in [5, 5.41) is 2.21. The van der Waals surface area contributed by atoms with Gasteiger partial charge >= 0.3 is 0 Å². The zero-order chi connectivity index (χ0) is 20.0. The predicted octanol–water partition coefficient (Wildman–Crippen LogP) is 2.24. The Balaban J connectivity index is 2.27. The van der Waals surface area contributed by atoms with Gasteiger partial charge in [0.1, 0.15) is 17.5 Å². The molecular weight excluding hydrogens is 368 g/mol. The molecule has 2 rings (SSSR count). The van der Waals surface area contributed by atoms with Crippen LogP contribution < -0.4 is 20.5 Å². The first kappa shape index (κ1) is 20.3. The second-order valence-electron chi connectivity index (χ2n) is 5.55. The summed E-state index contributed by atoms with van der Waals surface area (Å²) in [6.45, 7) is 1.49. The molecule has 8 heteroatoms. The minimum absolute atomic E-state index is 0.274. The zero-order valence-electron chi connectivity index (χ0n) is 15.1. The number of hydrogen-bond donors (Lipinski definition) is 2. The third-order valence-electron chi connectivity index (χ3n) is 3.74. The second-order valence-corrected chi connectivity index (χ2v) is 6.56. The van der Waals surface area contributed by atoms with E-state index in [-0.39, 0.29) is 10.7 Å². The quantitative estimate of drug-likeness (QED) is 0.705. The molecule has 2 amide bonds. The standard InChI is InChI=1S/C19H20N2O5S/c1-11(17(20)22)21-18(23)14-6-4-5-7-16(14)27-19(24)13-9-8-12(25-2)10-15(13)26-3/h4-11H,1-3H3,(H2,20,22)(H,21,23)/t11-/m0/s1. The smallest absolute Gasteiger partial charge is 0.253 e. The van der Waals surface area contributed by atoms with Crippen molar-refractivity contribution in [1.82, 2.24) is 5.32 Å². The Morgan fingerprint density at radius 3 is 2.37 bits per heavy atom. The van der Waals surface area contributed by atoms with Crippen molar-refractivity contribution in [2.45, 2.75) is 17.9 Å². The van der Waals surface area contributed by atoms with Crippen molar-refractivity contribution in [2.75, 3.05) is 14.2 Å². The molecule has 2 aromatic carbocycles. The molecule has 0 aliphatic heterocycles. The SMILES string of the molecule is COc1ccc(C(=O)Sc2ccccc2C(=O)N[C@@H](C)C(N)=O)c(OC)c1. The lowest BCUT2D eigenvalue weighted by Gasteiger charge is -2.13. The van der Waals surface area contributed by atoms with Crippen LogP contribution in [0.3, 0.4) is 0 Å². The van der Waals surface area contributed by atoms with E-state index in [1.54, 1.807) is 42.5 Å². The molecule has 0 fully saturated rings. The maximum absolute atomic E-state index is 12.7. The largest absolute Gasteiger partial charge is 0.497 e. The number of nitrogens with two attached hydrogens (primary N) is 1. The lowest BCUT2D eigenvalue weighted by Crippen LogP contribution is -2.42. The van der Waals surface area contributed by atoms with E-state index in [9.17, 15) is 14.4 Å². The Bertz CT molecular complexity index is 869. The van der Waals surface area contributed by atoms with Crippen molar-refractivity contribution < 1.29 is 23.9 Å². The van der Waals surface area contributed by atoms with E-state index in [0.29, 0.717) is 22.0 Å². The summed E-state index contributed by atoms with van der Waals surface area (Å²) in [7, 11) is 2.98. The zero-order valence-corrected chi connectivity index (χ0v) is 16.0. The minimum atomic E-state index is -0.826. The average molecular weight is 388 g/mol. The fourth-order valence-corrected chi connectivity index (χ4v) is 3.11. The molecule has 1 atom stereocenters. The highest BCUT2D eigenvalue weighted by Gasteiger charge is 2.20. The molecule has 3 N–H and O–H groups in total. The number of hydrogen-bond acceptors (Lipinski definition) is 6. The van der Waals surface area contributed by atoms with Crippen LogP contribution in [-0.2, 0) is 4.79 Å². The highest BCUT2D eigenvalue weighted by molar-refractivity contribution is 8.14. The van der Waals surface area contributed by atoms with E-state index in [2.05, 4.69) is 5.32 Å². The first-order valence-electron chi connectivity index (χ1n) is 8.00. The molecule has 0 saturated carbocycles. The normalized spacial score (nSPS) is 11.4. The van der Waals surface area contributed by atoms with Gasteiger partial charge < -0.3 is 20.5 Å². The van der Waals surface area contributed by atoms with Crippen LogP contribution in [0.5, 0.6) is 11.5 Å². The molecule has 0 aliphatic carbocycles. The van der Waals surface area contributed by atoms with Gasteiger partial charge in [0, 0.05) is 11.0 Å². The summed E-state index contributed by atoms with van der Waals surface area (Å²) in [5.41, 5.74) is 5.80. The van der Waals surface area contributed by atoms with E-state index in [1.165, 1.54) is 21.1 Å². The van der Waals surface area contributed by atoms with Gasteiger partial charge in [-0.05, 0) is 43.0 Å². The van der Waals surface area contributed by atoms with Gasteiger partial charge in [0.05, 0.1) is 25.3 Å². The third-order valence-corrected chi connectivity index (χ3v) is 4.72. The highest BCUT2D eigenvalue weighted by Crippen LogP contribution is 2.32. The molecule has 7 nitrogen and oxygen atoms in total. The molecule has 0 spiro atoms. The van der Waals surface area contributed by atoms with Gasteiger partial charge in [0.2, 0.25) is 11.0 Å². The van der Waals surface area contributed by atoms with E-state index in [1.807, 2.05) is 0 Å². The fraction of sp³-hybridized carbons (Fsp3) is 0.211. The van der Waals surface area contributed by atoms with Crippen LogP contribution in [0.25, 0.3) is 0 Å². The van der Waals surface area contributed by atoms with Crippen LogP contribution in [0.15, 0.2) is 47.4 Å². The monoisotopic (exact) mass is 388 g/mol. The van der Waals surface area contributed by atoms with Crippen LogP contribution in [0.1, 0.15) is 27.6 Å². The van der Waals surface area contributed by atoms with E-state index in [0.717, 1.165) is 11.8 Å². The van der Waals surface area contributed by atoms with Crippen molar-refractivity contribution in [3.63, 3.8) is 0 Å². The number of primary amides is 1. The van der Waals surface area contributed by atoms with Gasteiger partial charge in [-0.1, -0.05) is 12.1 Å². The number of thioether (sulfide) groups is 1. The molecule has 0 aliphatic rings. The first-order valence-corrected chi connectivity index (χ1v) is 8.82. The molecule has 0 unspecified atom stereocenters. The van der Waals surface area contributed by atoms with Crippen molar-refractivity contribution in [3.05, 3.63) is 53.6 Å². The summed E-state index contributed by atoms with van der Waals surface area (Å²) in [4.78, 5) is 36.8. The predicted molar refractivity (Wildman–Crippen MR) is 102 cm³/mol. The fourth-order valence-electron chi connectivity index (χ4n) is 2.21. The van der Waals surface area contributed by atoms with Gasteiger partial charge in [-0.15, -0.1) is 0 Å². The molecule has 0 radical (unpaired) electrons. The second kappa shape index (κ2) is 9.09. The van der Waals surface area contributed by atoms with Crippen molar-refractivity contribution >= 4 is 28.7 Å².